The Bertz CT molecular complexity index is 1240. The molecule has 2 aromatic carbocycles. The quantitative estimate of drug-likeness (QED) is 0.317. The molecule has 196 valence electrons. The van der Waals surface area contributed by atoms with Crippen molar-refractivity contribution in [3.05, 3.63) is 64.9 Å². The van der Waals surface area contributed by atoms with Gasteiger partial charge in [-0.25, -0.2) is 13.6 Å². The van der Waals surface area contributed by atoms with Crippen LogP contribution in [-0.4, -0.2) is 48.5 Å². The van der Waals surface area contributed by atoms with E-state index in [1.807, 2.05) is 18.2 Å². The third-order valence-electron chi connectivity index (χ3n) is 7.23. The van der Waals surface area contributed by atoms with Gasteiger partial charge in [-0.3, -0.25) is 4.68 Å². The van der Waals surface area contributed by atoms with Crippen LogP contribution in [0.1, 0.15) is 61.1 Å². The van der Waals surface area contributed by atoms with Crippen LogP contribution in [0.4, 0.5) is 20.2 Å². The van der Waals surface area contributed by atoms with Gasteiger partial charge >= 0.3 is 5.97 Å². The van der Waals surface area contributed by atoms with Crippen LogP contribution >= 0.6 is 11.6 Å². The van der Waals surface area contributed by atoms with Gasteiger partial charge in [0.1, 0.15) is 11.3 Å². The molecule has 0 N–H and O–H groups in total. The number of aromatic nitrogens is 2. The first kappa shape index (κ1) is 25.5. The fourth-order valence-corrected chi connectivity index (χ4v) is 5.62. The van der Waals surface area contributed by atoms with Crippen LogP contribution in [0.5, 0.6) is 0 Å². The summed E-state index contributed by atoms with van der Waals surface area (Å²) in [6, 6.07) is 14.1. The fourth-order valence-electron chi connectivity index (χ4n) is 5.46. The monoisotopic (exact) mass is 528 g/mol. The summed E-state index contributed by atoms with van der Waals surface area (Å²) in [6.07, 6.45) is 2.29. The van der Waals surface area contributed by atoms with E-state index in [1.165, 1.54) is 29.4 Å². The zero-order valence-electron chi connectivity index (χ0n) is 20.9. The molecular weight excluding hydrogens is 498 g/mol. The molecule has 6 nitrogen and oxygen atoms in total. The van der Waals surface area contributed by atoms with Gasteiger partial charge in [0.05, 0.1) is 18.8 Å². The Morgan fingerprint density at radius 2 is 1.81 bits per heavy atom. The van der Waals surface area contributed by atoms with Gasteiger partial charge in [-0.2, -0.15) is 5.10 Å². The van der Waals surface area contributed by atoms with Gasteiger partial charge in [0.25, 0.3) is 6.43 Å². The van der Waals surface area contributed by atoms with E-state index in [1.54, 1.807) is 6.92 Å². The number of piperidine rings is 1. The number of alkyl halides is 2. The van der Waals surface area contributed by atoms with E-state index in [4.69, 9.17) is 16.3 Å². The van der Waals surface area contributed by atoms with Crippen molar-refractivity contribution >= 4 is 28.9 Å². The van der Waals surface area contributed by atoms with Gasteiger partial charge in [0.15, 0.2) is 0 Å². The molecule has 2 saturated heterocycles. The number of ether oxygens (including phenoxy) is 1. The molecule has 9 heteroatoms. The number of nitrogens with zero attached hydrogens (tertiary/aromatic N) is 4. The van der Waals surface area contributed by atoms with E-state index in [-0.39, 0.29) is 23.9 Å². The molecule has 3 heterocycles. The van der Waals surface area contributed by atoms with Gasteiger partial charge in [-0.05, 0) is 62.4 Å². The van der Waals surface area contributed by atoms with Crippen molar-refractivity contribution in [1.29, 1.82) is 0 Å². The normalized spacial score (nSPS) is 18.0. The van der Waals surface area contributed by atoms with E-state index in [0.717, 1.165) is 42.9 Å². The molecule has 0 aliphatic carbocycles. The number of halogens is 3. The summed E-state index contributed by atoms with van der Waals surface area (Å²) in [5.41, 5.74) is 3.76. The molecular formula is C28H31ClF2N4O2. The van der Waals surface area contributed by atoms with E-state index in [9.17, 15) is 13.6 Å². The second-order valence-electron chi connectivity index (χ2n) is 9.55. The lowest BCUT2D eigenvalue weighted by atomic mass is 9.99. The summed E-state index contributed by atoms with van der Waals surface area (Å²) in [5.74, 6) is -0.772. The lowest BCUT2D eigenvalue weighted by Crippen LogP contribution is -2.38. The number of benzene rings is 2. The highest BCUT2D eigenvalue weighted by atomic mass is 35.5. The zero-order valence-corrected chi connectivity index (χ0v) is 21.6. The number of hydrogen-bond acceptors (Lipinski definition) is 5. The molecule has 5 rings (SSSR count). The van der Waals surface area contributed by atoms with Crippen molar-refractivity contribution in [2.75, 3.05) is 42.6 Å². The Morgan fingerprint density at radius 3 is 2.51 bits per heavy atom. The molecule has 1 atom stereocenters. The van der Waals surface area contributed by atoms with Gasteiger partial charge < -0.3 is 14.5 Å². The standard InChI is InChI=1S/C28H31ClF2N4O2/c1-2-37-28(36)24-17-32-35(26(24)27(30)31)22-6-5-15-34(18-22)25-16-20(29)9-12-23(25)19-7-10-21(11-8-19)33-13-3-4-14-33/h7-12,16-17,22,27H,2-6,13-15,18H2,1H3. The Hall–Kier alpha value is -3.13. The van der Waals surface area contributed by atoms with Crippen LogP contribution in [-0.2, 0) is 4.74 Å². The minimum atomic E-state index is -2.84. The maximum atomic E-state index is 14.1. The SMILES string of the molecule is CCOC(=O)c1cnn(C2CCCN(c3cc(Cl)ccc3-c3ccc(N4CCCC4)cc3)C2)c1C(F)F. The highest BCUT2D eigenvalue weighted by Crippen LogP contribution is 2.38. The Balaban J connectivity index is 1.43. The summed E-state index contributed by atoms with van der Waals surface area (Å²) >= 11 is 6.42. The van der Waals surface area contributed by atoms with E-state index in [0.29, 0.717) is 18.0 Å². The summed E-state index contributed by atoms with van der Waals surface area (Å²) in [7, 11) is 0. The predicted molar refractivity (Wildman–Crippen MR) is 142 cm³/mol. The van der Waals surface area contributed by atoms with Crippen molar-refractivity contribution in [3.8, 4) is 11.1 Å². The number of hydrogen-bond donors (Lipinski definition) is 0. The van der Waals surface area contributed by atoms with Crippen molar-refractivity contribution in [3.63, 3.8) is 0 Å². The number of rotatable bonds is 7. The molecule has 37 heavy (non-hydrogen) atoms. The topological polar surface area (TPSA) is 50.6 Å². The molecule has 1 unspecified atom stereocenters. The highest BCUT2D eigenvalue weighted by molar-refractivity contribution is 6.31. The molecule has 0 radical (unpaired) electrons. The van der Waals surface area contributed by atoms with E-state index < -0.39 is 12.4 Å². The molecule has 2 fully saturated rings. The van der Waals surface area contributed by atoms with Crippen LogP contribution in [0.2, 0.25) is 5.02 Å². The van der Waals surface area contributed by atoms with Crippen molar-refractivity contribution in [2.24, 2.45) is 0 Å². The van der Waals surface area contributed by atoms with Crippen molar-refractivity contribution in [2.45, 2.75) is 45.1 Å². The van der Waals surface area contributed by atoms with E-state index in [2.05, 4.69) is 39.2 Å². The average molecular weight is 529 g/mol. The van der Waals surface area contributed by atoms with Crippen LogP contribution in [0, 0.1) is 0 Å². The second kappa shape index (κ2) is 11.1. The summed E-state index contributed by atoms with van der Waals surface area (Å²) in [5, 5.41) is 4.83. The smallest absolute Gasteiger partial charge is 0.341 e. The lowest BCUT2D eigenvalue weighted by Gasteiger charge is -2.36. The lowest BCUT2D eigenvalue weighted by molar-refractivity contribution is 0.0512. The predicted octanol–water partition coefficient (Wildman–Crippen LogP) is 6.76. The van der Waals surface area contributed by atoms with Crippen LogP contribution in [0.15, 0.2) is 48.7 Å². The van der Waals surface area contributed by atoms with Crippen LogP contribution in [0.25, 0.3) is 11.1 Å². The summed E-state index contributed by atoms with van der Waals surface area (Å²) < 4.78 is 34.4. The number of esters is 1. The zero-order chi connectivity index (χ0) is 25.9. The first-order chi connectivity index (χ1) is 18.0. The Labute approximate surface area is 220 Å². The molecule has 0 saturated carbocycles. The molecule has 1 aromatic heterocycles. The Morgan fingerprint density at radius 1 is 1.08 bits per heavy atom. The third-order valence-corrected chi connectivity index (χ3v) is 7.46. The maximum Gasteiger partial charge on any atom is 0.341 e. The third kappa shape index (κ3) is 5.30. The van der Waals surface area contributed by atoms with Crippen LogP contribution in [0.3, 0.4) is 0 Å². The molecule has 0 bridgehead atoms. The largest absolute Gasteiger partial charge is 0.462 e. The van der Waals surface area contributed by atoms with Gasteiger partial charge in [-0.1, -0.05) is 29.8 Å². The minimum Gasteiger partial charge on any atom is -0.462 e. The fraction of sp³-hybridized carbons (Fsp3) is 0.429. The van der Waals surface area contributed by atoms with Crippen LogP contribution < -0.4 is 9.80 Å². The van der Waals surface area contributed by atoms with Crippen molar-refractivity contribution < 1.29 is 18.3 Å². The molecule has 2 aliphatic heterocycles. The second-order valence-corrected chi connectivity index (χ2v) is 9.99. The first-order valence-corrected chi connectivity index (χ1v) is 13.3. The molecule has 0 amide bonds. The summed E-state index contributed by atoms with van der Waals surface area (Å²) in [4.78, 5) is 16.8. The summed E-state index contributed by atoms with van der Waals surface area (Å²) in [6.45, 7) is 5.18. The first-order valence-electron chi connectivity index (χ1n) is 12.9. The van der Waals surface area contributed by atoms with Crippen molar-refractivity contribution in [1.82, 2.24) is 9.78 Å². The molecule has 3 aromatic rings. The number of anilines is 2. The van der Waals surface area contributed by atoms with Gasteiger partial charge in [0, 0.05) is 48.1 Å². The van der Waals surface area contributed by atoms with E-state index >= 15 is 0 Å². The van der Waals surface area contributed by atoms with Gasteiger partial charge in [0.2, 0.25) is 0 Å². The molecule has 2 aliphatic rings. The minimum absolute atomic E-state index is 0.112. The van der Waals surface area contributed by atoms with Gasteiger partial charge in [-0.15, -0.1) is 0 Å². The Kier molecular flexibility index (Phi) is 7.65. The molecule has 0 spiro atoms. The number of carbonyl (C=O) groups is 1. The maximum absolute atomic E-state index is 14.1. The average Bonchev–Trinajstić information content (AvgIpc) is 3.60. The highest BCUT2D eigenvalue weighted by Gasteiger charge is 2.32. The number of carbonyl (C=O) groups excluding carboxylic acids is 1.